The molecule has 2 aromatic heterocycles. The van der Waals surface area contributed by atoms with Gasteiger partial charge >= 0.3 is 0 Å². The van der Waals surface area contributed by atoms with Gasteiger partial charge in [0.15, 0.2) is 0 Å². The third-order valence-electron chi connectivity index (χ3n) is 4.58. The summed E-state index contributed by atoms with van der Waals surface area (Å²) in [6.07, 6.45) is 4.33. The van der Waals surface area contributed by atoms with Crippen molar-refractivity contribution in [2.45, 2.75) is 18.8 Å². The van der Waals surface area contributed by atoms with Gasteiger partial charge in [-0.2, -0.15) is 4.98 Å². The van der Waals surface area contributed by atoms with Crippen LogP contribution < -0.4 is 10.6 Å². The lowest BCUT2D eigenvalue weighted by molar-refractivity contribution is 0.505. The van der Waals surface area contributed by atoms with Gasteiger partial charge in [0.25, 0.3) is 0 Å². The molecule has 0 spiro atoms. The SMILES string of the molecule is Nc1nc(Cl)cc(N2CCC(c3c[nH]c4ccccc34)CC2)n1. The first-order valence-corrected chi connectivity index (χ1v) is 8.19. The number of nitrogen functional groups attached to an aromatic ring is 1. The maximum atomic E-state index is 5.98. The van der Waals surface area contributed by atoms with Crippen molar-refractivity contribution < 1.29 is 0 Å². The number of nitrogens with two attached hydrogens (primary N) is 1. The normalized spacial score (nSPS) is 16.1. The van der Waals surface area contributed by atoms with Crippen LogP contribution >= 0.6 is 11.6 Å². The second-order valence-corrected chi connectivity index (χ2v) is 6.35. The zero-order chi connectivity index (χ0) is 15.8. The van der Waals surface area contributed by atoms with Crippen LogP contribution in [-0.4, -0.2) is 28.0 Å². The molecule has 0 radical (unpaired) electrons. The van der Waals surface area contributed by atoms with Gasteiger partial charge in [0, 0.05) is 36.3 Å². The van der Waals surface area contributed by atoms with E-state index in [1.54, 1.807) is 6.07 Å². The summed E-state index contributed by atoms with van der Waals surface area (Å²) in [5.41, 5.74) is 8.32. The van der Waals surface area contributed by atoms with Crippen molar-refractivity contribution in [2.24, 2.45) is 0 Å². The first-order chi connectivity index (χ1) is 11.2. The lowest BCUT2D eigenvalue weighted by atomic mass is 9.89. The molecule has 1 aliphatic heterocycles. The van der Waals surface area contributed by atoms with E-state index in [0.717, 1.165) is 31.7 Å². The van der Waals surface area contributed by atoms with Crippen LogP contribution in [0, 0.1) is 0 Å². The summed E-state index contributed by atoms with van der Waals surface area (Å²) in [6.45, 7) is 1.88. The Bertz CT molecular complexity index is 816. The number of nitrogens with one attached hydrogen (secondary N) is 1. The highest BCUT2D eigenvalue weighted by atomic mass is 35.5. The molecule has 5 nitrogen and oxygen atoms in total. The summed E-state index contributed by atoms with van der Waals surface area (Å²) in [6, 6.07) is 10.3. The Hall–Kier alpha value is -2.27. The predicted molar refractivity (Wildman–Crippen MR) is 93.9 cm³/mol. The fourth-order valence-corrected chi connectivity index (χ4v) is 3.62. The summed E-state index contributed by atoms with van der Waals surface area (Å²) in [4.78, 5) is 13.8. The van der Waals surface area contributed by atoms with Crippen LogP contribution in [0.2, 0.25) is 5.15 Å². The molecule has 3 heterocycles. The van der Waals surface area contributed by atoms with Gasteiger partial charge in [-0.05, 0) is 30.4 Å². The number of hydrogen-bond donors (Lipinski definition) is 2. The number of para-hydroxylation sites is 1. The van der Waals surface area contributed by atoms with E-state index in [4.69, 9.17) is 17.3 Å². The van der Waals surface area contributed by atoms with E-state index in [9.17, 15) is 0 Å². The number of hydrogen-bond acceptors (Lipinski definition) is 4. The molecule has 118 valence electrons. The van der Waals surface area contributed by atoms with E-state index >= 15 is 0 Å². The van der Waals surface area contributed by atoms with Gasteiger partial charge in [-0.25, -0.2) is 4.98 Å². The first kappa shape index (κ1) is 14.3. The maximum Gasteiger partial charge on any atom is 0.223 e. The number of rotatable bonds is 2. The summed E-state index contributed by atoms with van der Waals surface area (Å²) < 4.78 is 0. The number of aromatic amines is 1. The molecular weight excluding hydrogens is 310 g/mol. The van der Waals surface area contributed by atoms with Crippen LogP contribution in [0.5, 0.6) is 0 Å². The Labute approximate surface area is 139 Å². The number of nitrogens with zero attached hydrogens (tertiary/aromatic N) is 3. The average Bonchev–Trinajstić information content (AvgIpc) is 2.98. The van der Waals surface area contributed by atoms with Crippen molar-refractivity contribution in [3.63, 3.8) is 0 Å². The molecule has 3 aromatic rings. The third-order valence-corrected chi connectivity index (χ3v) is 4.77. The van der Waals surface area contributed by atoms with Crippen LogP contribution in [0.4, 0.5) is 11.8 Å². The van der Waals surface area contributed by atoms with Crippen LogP contribution in [-0.2, 0) is 0 Å². The molecular formula is C17H18ClN5. The Morgan fingerprint density at radius 1 is 1.17 bits per heavy atom. The second-order valence-electron chi connectivity index (χ2n) is 5.96. The molecule has 1 aliphatic rings. The molecule has 3 N–H and O–H groups in total. The predicted octanol–water partition coefficient (Wildman–Crippen LogP) is 3.58. The molecule has 1 fully saturated rings. The third kappa shape index (κ3) is 2.72. The minimum atomic E-state index is 0.228. The van der Waals surface area contributed by atoms with Crippen LogP contribution in [0.1, 0.15) is 24.3 Å². The lowest BCUT2D eigenvalue weighted by Gasteiger charge is -2.32. The number of anilines is 2. The quantitative estimate of drug-likeness (QED) is 0.706. The molecule has 4 rings (SSSR count). The van der Waals surface area contributed by atoms with E-state index in [0.29, 0.717) is 11.1 Å². The number of fused-ring (bicyclic) bond motifs is 1. The molecule has 0 bridgehead atoms. The zero-order valence-corrected chi connectivity index (χ0v) is 13.4. The smallest absolute Gasteiger partial charge is 0.223 e. The van der Waals surface area contributed by atoms with Crippen molar-refractivity contribution >= 4 is 34.3 Å². The van der Waals surface area contributed by atoms with Crippen LogP contribution in [0.25, 0.3) is 10.9 Å². The van der Waals surface area contributed by atoms with Gasteiger partial charge in [-0.1, -0.05) is 29.8 Å². The van der Waals surface area contributed by atoms with E-state index in [2.05, 4.69) is 50.3 Å². The Morgan fingerprint density at radius 2 is 1.96 bits per heavy atom. The number of H-pyrrole nitrogens is 1. The highest BCUT2D eigenvalue weighted by Gasteiger charge is 2.23. The van der Waals surface area contributed by atoms with Gasteiger partial charge in [0.2, 0.25) is 5.95 Å². The molecule has 1 saturated heterocycles. The van der Waals surface area contributed by atoms with Crippen molar-refractivity contribution in [2.75, 3.05) is 23.7 Å². The lowest BCUT2D eigenvalue weighted by Crippen LogP contribution is -2.33. The van der Waals surface area contributed by atoms with Crippen molar-refractivity contribution in [3.05, 3.63) is 47.2 Å². The fourth-order valence-electron chi connectivity index (χ4n) is 3.44. The maximum absolute atomic E-state index is 5.98. The molecule has 0 saturated carbocycles. The second kappa shape index (κ2) is 5.74. The summed E-state index contributed by atoms with van der Waals surface area (Å²) in [5.74, 6) is 1.61. The van der Waals surface area contributed by atoms with Gasteiger partial charge < -0.3 is 15.6 Å². The van der Waals surface area contributed by atoms with E-state index < -0.39 is 0 Å². The molecule has 1 aromatic carbocycles. The number of benzene rings is 1. The molecule has 0 atom stereocenters. The number of piperidine rings is 1. The van der Waals surface area contributed by atoms with E-state index in [-0.39, 0.29) is 5.95 Å². The minimum Gasteiger partial charge on any atom is -0.368 e. The van der Waals surface area contributed by atoms with Crippen LogP contribution in [0.15, 0.2) is 36.5 Å². The Balaban J connectivity index is 1.53. The molecule has 6 heteroatoms. The van der Waals surface area contributed by atoms with E-state index in [1.807, 2.05) is 0 Å². The summed E-state index contributed by atoms with van der Waals surface area (Å²) >= 11 is 5.98. The highest BCUT2D eigenvalue weighted by molar-refractivity contribution is 6.29. The average molecular weight is 328 g/mol. The number of aromatic nitrogens is 3. The highest BCUT2D eigenvalue weighted by Crippen LogP contribution is 2.34. The fraction of sp³-hybridized carbons (Fsp3) is 0.294. The topological polar surface area (TPSA) is 70.8 Å². The van der Waals surface area contributed by atoms with Crippen molar-refractivity contribution in [3.8, 4) is 0 Å². The molecule has 23 heavy (non-hydrogen) atoms. The molecule has 0 unspecified atom stereocenters. The Morgan fingerprint density at radius 3 is 2.74 bits per heavy atom. The monoisotopic (exact) mass is 327 g/mol. The van der Waals surface area contributed by atoms with Crippen LogP contribution in [0.3, 0.4) is 0 Å². The first-order valence-electron chi connectivity index (χ1n) is 7.82. The largest absolute Gasteiger partial charge is 0.368 e. The van der Waals surface area contributed by atoms with Gasteiger partial charge in [0.1, 0.15) is 11.0 Å². The van der Waals surface area contributed by atoms with E-state index in [1.165, 1.54) is 16.5 Å². The number of halogens is 1. The molecule has 0 aliphatic carbocycles. The van der Waals surface area contributed by atoms with Crippen molar-refractivity contribution in [1.29, 1.82) is 0 Å². The van der Waals surface area contributed by atoms with Gasteiger partial charge in [0.05, 0.1) is 0 Å². The Kier molecular flexibility index (Phi) is 3.58. The van der Waals surface area contributed by atoms with Gasteiger partial charge in [-0.3, -0.25) is 0 Å². The summed E-state index contributed by atoms with van der Waals surface area (Å²) in [5, 5.41) is 1.73. The minimum absolute atomic E-state index is 0.228. The summed E-state index contributed by atoms with van der Waals surface area (Å²) in [7, 11) is 0. The molecule has 0 amide bonds. The standard InChI is InChI=1S/C17H18ClN5/c18-15-9-16(22-17(19)21-15)23-7-5-11(6-8-23)13-10-20-14-4-2-1-3-12(13)14/h1-4,9-11,20H,5-8H2,(H2,19,21,22). The zero-order valence-electron chi connectivity index (χ0n) is 12.7. The van der Waals surface area contributed by atoms with Crippen molar-refractivity contribution in [1.82, 2.24) is 15.0 Å². The van der Waals surface area contributed by atoms with Gasteiger partial charge in [-0.15, -0.1) is 0 Å².